The average molecular weight is 221 g/mol. The number of hydrogen-bond donors (Lipinski definition) is 1. The largest absolute Gasteiger partial charge is 0.340 e. The number of hydrogen-bond acceptors (Lipinski definition) is 3. The maximum Gasteiger partial charge on any atom is 0.0947 e. The number of nitrogens with zero attached hydrogens (tertiary/aromatic N) is 2. The molecule has 0 unspecified atom stereocenters. The van der Waals surface area contributed by atoms with Gasteiger partial charge in [-0.25, -0.2) is 4.98 Å². The summed E-state index contributed by atoms with van der Waals surface area (Å²) in [4.78, 5) is 7.00. The van der Waals surface area contributed by atoms with Gasteiger partial charge >= 0.3 is 0 Å². The van der Waals surface area contributed by atoms with Crippen molar-refractivity contribution in [2.75, 3.05) is 0 Å². The molecule has 0 saturated carbocycles. The van der Waals surface area contributed by atoms with Crippen LogP contribution in [-0.2, 0) is 20.1 Å². The normalized spacial score (nSPS) is 10.8. The van der Waals surface area contributed by atoms with Gasteiger partial charge in [-0.2, -0.15) is 0 Å². The molecule has 80 valence electrons. The zero-order chi connectivity index (χ0) is 10.7. The molecule has 0 radical (unpaired) electrons. The molecule has 0 fully saturated rings. The summed E-state index contributed by atoms with van der Waals surface area (Å²) in [6.07, 6.45) is 3.86. The highest BCUT2D eigenvalue weighted by atomic mass is 32.1. The molecule has 0 aromatic carbocycles. The van der Waals surface area contributed by atoms with Crippen LogP contribution in [0.15, 0.2) is 24.7 Å². The lowest BCUT2D eigenvalue weighted by Crippen LogP contribution is -2.11. The van der Waals surface area contributed by atoms with Gasteiger partial charge in [0.05, 0.1) is 12.0 Å². The van der Waals surface area contributed by atoms with E-state index < -0.39 is 0 Å². The molecule has 3 nitrogen and oxygen atoms in total. The van der Waals surface area contributed by atoms with E-state index in [0.717, 1.165) is 18.8 Å². The Kier molecular flexibility index (Phi) is 3.18. The molecule has 1 N–H and O–H groups in total. The standard InChI is InChI=1S/C11H15N3S/c1-9-3-4-11(15-9)6-12-5-10-7-14(2)8-13-10/h3-4,7-8,12H,5-6H2,1-2H3. The monoisotopic (exact) mass is 221 g/mol. The van der Waals surface area contributed by atoms with E-state index >= 15 is 0 Å². The lowest BCUT2D eigenvalue weighted by Gasteiger charge is -1.99. The molecule has 15 heavy (non-hydrogen) atoms. The van der Waals surface area contributed by atoms with Gasteiger partial charge in [0.1, 0.15) is 0 Å². The van der Waals surface area contributed by atoms with E-state index in [0.29, 0.717) is 0 Å². The van der Waals surface area contributed by atoms with Crippen LogP contribution in [0.1, 0.15) is 15.4 Å². The SMILES string of the molecule is Cc1ccc(CNCc2cn(C)cn2)s1. The third kappa shape index (κ3) is 2.91. The van der Waals surface area contributed by atoms with Gasteiger partial charge in [0.2, 0.25) is 0 Å². The van der Waals surface area contributed by atoms with Gasteiger partial charge in [-0.3, -0.25) is 0 Å². The second-order valence-electron chi connectivity index (χ2n) is 3.65. The number of nitrogens with one attached hydrogen (secondary N) is 1. The summed E-state index contributed by atoms with van der Waals surface area (Å²) in [5.41, 5.74) is 1.09. The predicted octanol–water partition coefficient (Wildman–Crippen LogP) is 2.08. The molecule has 0 bridgehead atoms. The molecule has 2 aromatic heterocycles. The lowest BCUT2D eigenvalue weighted by molar-refractivity contribution is 0.688. The van der Waals surface area contributed by atoms with Crippen LogP contribution >= 0.6 is 11.3 Å². The van der Waals surface area contributed by atoms with E-state index in [-0.39, 0.29) is 0 Å². The predicted molar refractivity (Wildman–Crippen MR) is 62.8 cm³/mol. The Morgan fingerprint density at radius 2 is 2.27 bits per heavy atom. The fourth-order valence-corrected chi connectivity index (χ4v) is 2.31. The lowest BCUT2D eigenvalue weighted by atomic mass is 10.4. The Bertz CT molecular complexity index is 390. The molecule has 0 aliphatic rings. The first-order chi connectivity index (χ1) is 7.24. The fourth-order valence-electron chi connectivity index (χ4n) is 1.45. The molecule has 4 heteroatoms. The Morgan fingerprint density at radius 3 is 2.87 bits per heavy atom. The minimum Gasteiger partial charge on any atom is -0.340 e. The van der Waals surface area contributed by atoms with Gasteiger partial charge in [-0.1, -0.05) is 0 Å². The first-order valence-electron chi connectivity index (χ1n) is 4.97. The van der Waals surface area contributed by atoms with Crippen LogP contribution in [0.3, 0.4) is 0 Å². The van der Waals surface area contributed by atoms with Crippen molar-refractivity contribution in [2.24, 2.45) is 7.05 Å². The average Bonchev–Trinajstić information content (AvgIpc) is 2.76. The van der Waals surface area contributed by atoms with Crippen molar-refractivity contribution in [1.29, 1.82) is 0 Å². The van der Waals surface area contributed by atoms with Crippen molar-refractivity contribution in [2.45, 2.75) is 20.0 Å². The van der Waals surface area contributed by atoms with E-state index in [1.165, 1.54) is 9.75 Å². The molecular weight excluding hydrogens is 206 g/mol. The van der Waals surface area contributed by atoms with Gasteiger partial charge in [-0.05, 0) is 19.1 Å². The van der Waals surface area contributed by atoms with E-state index in [1.54, 1.807) is 0 Å². The molecule has 0 aliphatic carbocycles. The van der Waals surface area contributed by atoms with E-state index in [2.05, 4.69) is 29.4 Å². The minimum atomic E-state index is 0.831. The van der Waals surface area contributed by atoms with Gasteiger partial charge in [-0.15, -0.1) is 11.3 Å². The molecule has 0 amide bonds. The fraction of sp³-hybridized carbons (Fsp3) is 0.364. The van der Waals surface area contributed by atoms with Crippen LogP contribution in [0.25, 0.3) is 0 Å². The highest BCUT2D eigenvalue weighted by Crippen LogP contribution is 2.14. The Labute approximate surface area is 93.8 Å². The van der Waals surface area contributed by atoms with Crippen LogP contribution in [0.2, 0.25) is 0 Å². The number of rotatable bonds is 4. The van der Waals surface area contributed by atoms with Gasteiger partial charge in [0.15, 0.2) is 0 Å². The molecule has 2 aromatic rings. The molecule has 0 saturated heterocycles. The Hall–Kier alpha value is -1.13. The number of thiophene rings is 1. The van der Waals surface area contributed by atoms with Crippen molar-refractivity contribution in [3.8, 4) is 0 Å². The Balaban J connectivity index is 1.80. The highest BCUT2D eigenvalue weighted by molar-refractivity contribution is 7.11. The van der Waals surface area contributed by atoms with Crippen molar-refractivity contribution in [1.82, 2.24) is 14.9 Å². The van der Waals surface area contributed by atoms with Crippen LogP contribution in [-0.4, -0.2) is 9.55 Å². The van der Waals surface area contributed by atoms with E-state index in [9.17, 15) is 0 Å². The second-order valence-corrected chi connectivity index (χ2v) is 5.02. The molecule has 0 atom stereocenters. The summed E-state index contributed by atoms with van der Waals surface area (Å²) in [5, 5.41) is 3.38. The highest BCUT2D eigenvalue weighted by Gasteiger charge is 1.98. The van der Waals surface area contributed by atoms with Crippen molar-refractivity contribution < 1.29 is 0 Å². The van der Waals surface area contributed by atoms with Crippen molar-refractivity contribution in [3.63, 3.8) is 0 Å². The summed E-state index contributed by atoms with van der Waals surface area (Å²) in [5.74, 6) is 0. The van der Waals surface area contributed by atoms with Crippen LogP contribution in [0.5, 0.6) is 0 Å². The minimum absolute atomic E-state index is 0.831. The van der Waals surface area contributed by atoms with E-state index in [1.807, 2.05) is 35.5 Å². The first-order valence-corrected chi connectivity index (χ1v) is 5.78. The summed E-state index contributed by atoms with van der Waals surface area (Å²) >= 11 is 1.84. The maximum atomic E-state index is 4.26. The van der Waals surface area contributed by atoms with Crippen LogP contribution < -0.4 is 5.32 Å². The second kappa shape index (κ2) is 4.59. The van der Waals surface area contributed by atoms with Gasteiger partial charge in [0.25, 0.3) is 0 Å². The quantitative estimate of drug-likeness (QED) is 0.856. The Morgan fingerprint density at radius 1 is 1.40 bits per heavy atom. The van der Waals surface area contributed by atoms with Crippen molar-refractivity contribution in [3.05, 3.63) is 40.1 Å². The first kappa shape index (κ1) is 10.4. The number of aromatic nitrogens is 2. The topological polar surface area (TPSA) is 29.9 Å². The smallest absolute Gasteiger partial charge is 0.0947 e. The van der Waals surface area contributed by atoms with Gasteiger partial charge < -0.3 is 9.88 Å². The van der Waals surface area contributed by atoms with Gasteiger partial charge in [0, 0.05) is 36.1 Å². The zero-order valence-corrected chi connectivity index (χ0v) is 9.84. The third-order valence-electron chi connectivity index (χ3n) is 2.16. The number of imidazole rings is 1. The molecule has 2 heterocycles. The molecule has 0 spiro atoms. The van der Waals surface area contributed by atoms with Crippen LogP contribution in [0, 0.1) is 6.92 Å². The van der Waals surface area contributed by atoms with Crippen molar-refractivity contribution >= 4 is 11.3 Å². The van der Waals surface area contributed by atoms with Crippen LogP contribution in [0.4, 0.5) is 0 Å². The van der Waals surface area contributed by atoms with E-state index in [4.69, 9.17) is 0 Å². The summed E-state index contributed by atoms with van der Waals surface area (Å²) in [7, 11) is 1.99. The number of aryl methyl sites for hydroxylation is 2. The molecule has 0 aliphatic heterocycles. The summed E-state index contributed by atoms with van der Waals surface area (Å²) in [6.45, 7) is 3.89. The summed E-state index contributed by atoms with van der Waals surface area (Å²) < 4.78 is 1.96. The zero-order valence-electron chi connectivity index (χ0n) is 9.03. The third-order valence-corrected chi connectivity index (χ3v) is 3.16. The maximum absolute atomic E-state index is 4.26. The molecule has 2 rings (SSSR count). The summed E-state index contributed by atoms with van der Waals surface area (Å²) in [6, 6.07) is 4.33. The molecular formula is C11H15N3S.